The van der Waals surface area contributed by atoms with Gasteiger partial charge in [0.05, 0.1) is 29.9 Å². The number of hydrogen-bond acceptors (Lipinski definition) is 6. The van der Waals surface area contributed by atoms with Gasteiger partial charge in [-0.3, -0.25) is 4.79 Å². The molecule has 2 aliphatic heterocycles. The summed E-state index contributed by atoms with van der Waals surface area (Å²) < 4.78 is 5.81. The molecule has 0 radical (unpaired) electrons. The molecule has 2 heterocycles. The Morgan fingerprint density at radius 3 is 2.95 bits per heavy atom. The van der Waals surface area contributed by atoms with Crippen molar-refractivity contribution in [1.29, 1.82) is 0 Å². The zero-order valence-corrected chi connectivity index (χ0v) is 12.3. The lowest BCUT2D eigenvalue weighted by Crippen LogP contribution is -2.57. The third-order valence-corrected chi connectivity index (χ3v) is 5.57. The second-order valence-corrected chi connectivity index (χ2v) is 6.70. The molecule has 0 aromatic rings. The summed E-state index contributed by atoms with van der Waals surface area (Å²) in [5.41, 5.74) is 2.92. The van der Waals surface area contributed by atoms with Crippen LogP contribution in [0.15, 0.2) is 29.5 Å². The summed E-state index contributed by atoms with van der Waals surface area (Å²) in [4.78, 5) is 12.0. The van der Waals surface area contributed by atoms with E-state index in [2.05, 4.69) is 12.3 Å². The molecule has 6 heteroatoms. The summed E-state index contributed by atoms with van der Waals surface area (Å²) in [6.07, 6.45) is 0.275. The topological polar surface area (TPSA) is 90.0 Å². The van der Waals surface area contributed by atoms with Gasteiger partial charge in [0.2, 0.25) is 0 Å². The molecular weight excluding hydrogens is 286 g/mol. The average molecular weight is 305 g/mol. The Bertz CT molecular complexity index is 636. The molecule has 0 spiro atoms. The van der Waals surface area contributed by atoms with Gasteiger partial charge >= 0.3 is 0 Å². The standard InChI is InChI=1S/C16H19NO5/c1-3-4-8-10-11-14(22-13(10)7(2)18)9(19)5-6-16(11,20)15-12(8)17(15)21/h4,9,11-15,19-21H,1,5-6H2,2H3. The van der Waals surface area contributed by atoms with E-state index in [9.17, 15) is 20.2 Å². The molecule has 0 amide bonds. The van der Waals surface area contributed by atoms with E-state index in [0.29, 0.717) is 18.4 Å². The van der Waals surface area contributed by atoms with Crippen molar-refractivity contribution in [2.45, 2.75) is 55.8 Å². The average Bonchev–Trinajstić information content (AvgIpc) is 2.97. The summed E-state index contributed by atoms with van der Waals surface area (Å²) in [7, 11) is 0. The second-order valence-electron chi connectivity index (χ2n) is 6.70. The molecule has 2 saturated heterocycles. The number of hydrogen-bond donors (Lipinski definition) is 3. The van der Waals surface area contributed by atoms with Gasteiger partial charge in [-0.05, 0) is 37.0 Å². The second kappa shape index (κ2) is 4.38. The Balaban J connectivity index is 1.94. The number of nitrogens with zero attached hydrogens (tertiary/aromatic N) is 1. The fraction of sp³-hybridized carbons (Fsp3) is 0.625. The zero-order valence-electron chi connectivity index (χ0n) is 12.3. The Kier molecular flexibility index (Phi) is 2.86. The zero-order chi connectivity index (χ0) is 15.8. The van der Waals surface area contributed by atoms with E-state index in [1.807, 2.05) is 0 Å². The van der Waals surface area contributed by atoms with Gasteiger partial charge in [-0.2, -0.15) is 5.06 Å². The molecule has 6 nitrogen and oxygen atoms in total. The molecule has 4 aliphatic rings. The lowest BCUT2D eigenvalue weighted by molar-refractivity contribution is -0.155. The summed E-state index contributed by atoms with van der Waals surface area (Å²) in [6, 6.07) is -0.782. The number of Topliss-reactive ketones (excluding diaryl/α,β-unsaturated/α-hetero) is 1. The molecule has 3 fully saturated rings. The fourth-order valence-electron chi connectivity index (χ4n) is 4.68. The van der Waals surface area contributed by atoms with Crippen molar-refractivity contribution in [3.8, 4) is 0 Å². The van der Waals surface area contributed by atoms with Crippen molar-refractivity contribution < 1.29 is 25.0 Å². The number of aliphatic hydroxyl groups excluding tert-OH is 1. The Hall–Kier alpha value is -1.27. The number of carbonyl (C=O) groups excluding carboxylic acids is 1. The summed E-state index contributed by atoms with van der Waals surface area (Å²) in [6.45, 7) is 5.00. The van der Waals surface area contributed by atoms with Crippen LogP contribution in [-0.4, -0.2) is 62.3 Å². The van der Waals surface area contributed by atoms with Crippen molar-refractivity contribution in [2.24, 2.45) is 5.92 Å². The number of hydroxylamine groups is 2. The van der Waals surface area contributed by atoms with Crippen LogP contribution in [0.25, 0.3) is 0 Å². The number of rotatable bonds is 2. The van der Waals surface area contributed by atoms with Gasteiger partial charge in [-0.1, -0.05) is 6.58 Å². The van der Waals surface area contributed by atoms with E-state index in [0.717, 1.165) is 10.6 Å². The van der Waals surface area contributed by atoms with Gasteiger partial charge in [0.25, 0.3) is 0 Å². The van der Waals surface area contributed by atoms with Crippen LogP contribution in [0.3, 0.4) is 0 Å². The van der Waals surface area contributed by atoms with Crippen molar-refractivity contribution in [3.05, 3.63) is 29.5 Å². The predicted molar refractivity (Wildman–Crippen MR) is 75.0 cm³/mol. The van der Waals surface area contributed by atoms with Crippen molar-refractivity contribution in [2.75, 3.05) is 0 Å². The lowest BCUT2D eigenvalue weighted by Gasteiger charge is -2.45. The van der Waals surface area contributed by atoms with Gasteiger partial charge in [-0.25, -0.2) is 0 Å². The highest BCUT2D eigenvalue weighted by Gasteiger charge is 2.72. The van der Waals surface area contributed by atoms with Crippen LogP contribution in [0, 0.1) is 5.92 Å². The van der Waals surface area contributed by atoms with Gasteiger partial charge in [0.1, 0.15) is 6.10 Å². The van der Waals surface area contributed by atoms with Gasteiger partial charge < -0.3 is 20.2 Å². The van der Waals surface area contributed by atoms with Gasteiger partial charge in [0.15, 0.2) is 5.78 Å². The quantitative estimate of drug-likeness (QED) is 0.489. The maximum atomic E-state index is 12.0. The minimum Gasteiger partial charge on any atom is -0.390 e. The number of fused-ring (bicyclic) bond motifs is 2. The van der Waals surface area contributed by atoms with E-state index >= 15 is 0 Å². The number of carbonyl (C=O) groups is 1. The molecule has 22 heavy (non-hydrogen) atoms. The first kappa shape index (κ1) is 14.3. The van der Waals surface area contributed by atoms with Crippen molar-refractivity contribution in [1.82, 2.24) is 5.06 Å². The third kappa shape index (κ3) is 1.55. The van der Waals surface area contributed by atoms with E-state index in [1.54, 1.807) is 6.08 Å². The molecular formula is C16H19NO5. The Labute approximate surface area is 127 Å². The number of aliphatic hydroxyl groups is 2. The monoisotopic (exact) mass is 305 g/mol. The van der Waals surface area contributed by atoms with Crippen LogP contribution in [-0.2, 0) is 9.53 Å². The molecule has 0 aromatic heterocycles. The highest BCUT2D eigenvalue weighted by molar-refractivity contribution is 5.85. The minimum absolute atomic E-state index is 0.169. The van der Waals surface area contributed by atoms with Crippen LogP contribution < -0.4 is 0 Å². The summed E-state index contributed by atoms with van der Waals surface area (Å²) in [5, 5.41) is 32.7. The number of ketones is 1. The molecule has 4 rings (SSSR count). The molecule has 118 valence electrons. The van der Waals surface area contributed by atoms with E-state index in [4.69, 9.17) is 4.74 Å². The maximum Gasteiger partial charge on any atom is 0.162 e. The lowest BCUT2D eigenvalue weighted by atomic mass is 9.63. The third-order valence-electron chi connectivity index (χ3n) is 5.57. The smallest absolute Gasteiger partial charge is 0.162 e. The first-order valence-corrected chi connectivity index (χ1v) is 7.55. The van der Waals surface area contributed by atoms with Crippen molar-refractivity contribution in [3.63, 3.8) is 0 Å². The Morgan fingerprint density at radius 2 is 2.32 bits per heavy atom. The predicted octanol–water partition coefficient (Wildman–Crippen LogP) is -0.0619. The first-order chi connectivity index (χ1) is 10.4. The van der Waals surface area contributed by atoms with Crippen LogP contribution in [0.5, 0.6) is 0 Å². The molecule has 3 N–H and O–H groups in total. The van der Waals surface area contributed by atoms with Gasteiger partial charge in [-0.15, -0.1) is 5.73 Å². The SMILES string of the molecule is C=C=CC1=C2C(C(C)=O)OC3C(O)CCC(O)(C23)C2C1N2O. The molecule has 0 bridgehead atoms. The molecule has 1 saturated carbocycles. The Morgan fingerprint density at radius 1 is 1.59 bits per heavy atom. The molecule has 2 aliphatic carbocycles. The molecule has 0 aromatic carbocycles. The largest absolute Gasteiger partial charge is 0.390 e. The highest BCUT2D eigenvalue weighted by atomic mass is 16.5. The summed E-state index contributed by atoms with van der Waals surface area (Å²) in [5.74, 6) is -0.652. The van der Waals surface area contributed by atoms with Crippen LogP contribution in [0.4, 0.5) is 0 Å². The van der Waals surface area contributed by atoms with Crippen LogP contribution in [0.2, 0.25) is 0 Å². The van der Waals surface area contributed by atoms with Crippen molar-refractivity contribution >= 4 is 5.78 Å². The summed E-state index contributed by atoms with van der Waals surface area (Å²) >= 11 is 0. The first-order valence-electron chi connectivity index (χ1n) is 7.55. The van der Waals surface area contributed by atoms with Gasteiger partial charge in [0, 0.05) is 5.92 Å². The molecule has 8 atom stereocenters. The highest BCUT2D eigenvalue weighted by Crippen LogP contribution is 2.60. The minimum atomic E-state index is -1.18. The van der Waals surface area contributed by atoms with E-state index in [1.165, 1.54) is 6.92 Å². The van der Waals surface area contributed by atoms with E-state index in [-0.39, 0.29) is 11.8 Å². The normalized spacial score (nSPS) is 51.7. The fourth-order valence-corrected chi connectivity index (χ4v) is 4.68. The van der Waals surface area contributed by atoms with Crippen LogP contribution in [0.1, 0.15) is 19.8 Å². The van der Waals surface area contributed by atoms with Crippen LogP contribution >= 0.6 is 0 Å². The number of ether oxygens (including phenoxy) is 1. The maximum absolute atomic E-state index is 12.0. The molecule has 8 unspecified atom stereocenters. The van der Waals surface area contributed by atoms with E-state index < -0.39 is 35.9 Å².